The lowest BCUT2D eigenvalue weighted by Gasteiger charge is -2.37. The van der Waals surface area contributed by atoms with E-state index in [0.29, 0.717) is 5.92 Å². The third kappa shape index (κ3) is 4.37. The fourth-order valence-electron chi connectivity index (χ4n) is 5.70. The number of anilines is 1. The molecule has 0 amide bonds. The van der Waals surface area contributed by atoms with Crippen LogP contribution in [-0.2, 0) is 6.61 Å². The molecule has 3 aromatic rings. The molecule has 0 spiro atoms. The molecule has 0 radical (unpaired) electrons. The Morgan fingerprint density at radius 2 is 1.86 bits per heavy atom. The van der Waals surface area contributed by atoms with E-state index in [9.17, 15) is 5.11 Å². The molecule has 0 unspecified atom stereocenters. The summed E-state index contributed by atoms with van der Waals surface area (Å²) in [6, 6.07) is 10.7. The Hall–Kier alpha value is -2.74. The molecule has 0 bridgehead atoms. The van der Waals surface area contributed by atoms with Crippen molar-refractivity contribution in [2.75, 3.05) is 44.7 Å². The molecule has 0 aromatic carbocycles. The number of pyridine rings is 2. The number of aromatic nitrogens is 3. The number of hydrogen-bond acceptors (Lipinski definition) is 6. The summed E-state index contributed by atoms with van der Waals surface area (Å²) in [5.41, 5.74) is 5.14. The standard InChI is InChI=1S/C28H38N6O/c1-5-32-15-17-33(18-16-32)26-13-7-12-25-30-28(24(19-35)34(25)26)23-11-6-10-22(31(23)4)27-21(20(2)3)9-8-14-29-27/h6-10,12-14,20,22-23,35H,5,11,15-19H2,1-4H3/t22-,23+/m0/s1. The fourth-order valence-corrected chi connectivity index (χ4v) is 5.70. The topological polar surface area (TPSA) is 60.1 Å². The van der Waals surface area contributed by atoms with Crippen molar-refractivity contribution in [3.05, 3.63) is 71.3 Å². The van der Waals surface area contributed by atoms with Gasteiger partial charge in [0.05, 0.1) is 35.8 Å². The van der Waals surface area contributed by atoms with Gasteiger partial charge in [0.15, 0.2) is 0 Å². The average molecular weight is 475 g/mol. The Balaban J connectivity index is 1.52. The van der Waals surface area contributed by atoms with Gasteiger partial charge in [-0.2, -0.15) is 0 Å². The maximum Gasteiger partial charge on any atom is 0.138 e. The Labute approximate surface area is 208 Å². The van der Waals surface area contributed by atoms with E-state index in [4.69, 9.17) is 9.97 Å². The van der Waals surface area contributed by atoms with Gasteiger partial charge < -0.3 is 14.9 Å². The Morgan fingerprint density at radius 3 is 2.57 bits per heavy atom. The van der Waals surface area contributed by atoms with Crippen LogP contribution in [0.5, 0.6) is 0 Å². The molecule has 2 atom stereocenters. The number of hydrogen-bond donors (Lipinski definition) is 1. The van der Waals surface area contributed by atoms with Gasteiger partial charge in [-0.05, 0) is 49.7 Å². The molecular formula is C28H38N6O. The van der Waals surface area contributed by atoms with Gasteiger partial charge >= 0.3 is 0 Å². The number of fused-ring (bicyclic) bond motifs is 1. The van der Waals surface area contributed by atoms with Crippen LogP contribution in [0.4, 0.5) is 5.82 Å². The summed E-state index contributed by atoms with van der Waals surface area (Å²) in [6.45, 7) is 11.8. The van der Waals surface area contributed by atoms with E-state index in [1.165, 1.54) is 5.56 Å². The number of piperazine rings is 1. The minimum atomic E-state index is -0.0397. The van der Waals surface area contributed by atoms with Crippen LogP contribution in [0.2, 0.25) is 0 Å². The molecule has 35 heavy (non-hydrogen) atoms. The highest BCUT2D eigenvalue weighted by atomic mass is 16.3. The first kappa shape index (κ1) is 24.0. The number of likely N-dealkylation sites (N-methyl/N-ethyl adjacent to an activating group) is 2. The van der Waals surface area contributed by atoms with E-state index in [1.54, 1.807) is 0 Å². The molecule has 7 heteroatoms. The molecule has 2 aliphatic heterocycles. The first-order chi connectivity index (χ1) is 17.0. The highest BCUT2D eigenvalue weighted by Gasteiger charge is 2.33. The smallest absolute Gasteiger partial charge is 0.138 e. The monoisotopic (exact) mass is 474 g/mol. The number of aliphatic hydroxyl groups is 1. The van der Waals surface area contributed by atoms with Crippen LogP contribution < -0.4 is 4.90 Å². The third-order valence-corrected chi connectivity index (χ3v) is 7.74. The van der Waals surface area contributed by atoms with Crippen molar-refractivity contribution >= 4 is 11.5 Å². The first-order valence-corrected chi connectivity index (χ1v) is 12.9. The van der Waals surface area contributed by atoms with Gasteiger partial charge in [0.25, 0.3) is 0 Å². The molecule has 7 nitrogen and oxygen atoms in total. The normalized spacial score (nSPS) is 21.9. The van der Waals surface area contributed by atoms with Crippen molar-refractivity contribution in [1.82, 2.24) is 24.2 Å². The van der Waals surface area contributed by atoms with Crippen molar-refractivity contribution in [3.8, 4) is 0 Å². The maximum absolute atomic E-state index is 10.6. The lowest BCUT2D eigenvalue weighted by Crippen LogP contribution is -2.46. The summed E-state index contributed by atoms with van der Waals surface area (Å²) in [7, 11) is 2.16. The van der Waals surface area contributed by atoms with E-state index < -0.39 is 0 Å². The third-order valence-electron chi connectivity index (χ3n) is 7.74. The molecule has 3 aromatic heterocycles. The van der Waals surface area contributed by atoms with Gasteiger partial charge in [0.2, 0.25) is 0 Å². The predicted octanol–water partition coefficient (Wildman–Crippen LogP) is 4.16. The largest absolute Gasteiger partial charge is 0.390 e. The first-order valence-electron chi connectivity index (χ1n) is 12.9. The van der Waals surface area contributed by atoms with Gasteiger partial charge in [-0.3, -0.25) is 14.3 Å². The van der Waals surface area contributed by atoms with Gasteiger partial charge in [0.1, 0.15) is 11.5 Å². The summed E-state index contributed by atoms with van der Waals surface area (Å²) in [6.07, 6.45) is 7.27. The number of imidazole rings is 1. The van der Waals surface area contributed by atoms with Gasteiger partial charge in [-0.1, -0.05) is 45.1 Å². The summed E-state index contributed by atoms with van der Waals surface area (Å²) in [5, 5.41) is 10.6. The SMILES string of the molecule is CCN1CCN(c2cccc3nc([C@H]4CC=C[C@@H](c5ncccc5C(C)C)N4C)c(CO)n23)CC1. The van der Waals surface area contributed by atoms with Crippen molar-refractivity contribution < 1.29 is 5.11 Å². The Kier molecular flexibility index (Phi) is 6.91. The molecule has 5 rings (SSSR count). The van der Waals surface area contributed by atoms with E-state index in [1.807, 2.05) is 12.3 Å². The number of rotatable bonds is 6. The van der Waals surface area contributed by atoms with Crippen LogP contribution in [0.3, 0.4) is 0 Å². The van der Waals surface area contributed by atoms with E-state index >= 15 is 0 Å². The maximum atomic E-state index is 10.6. The van der Waals surface area contributed by atoms with Crippen LogP contribution in [-0.4, -0.2) is 69.0 Å². The summed E-state index contributed by atoms with van der Waals surface area (Å²) in [4.78, 5) is 17.2. The zero-order chi connectivity index (χ0) is 24.5. The Bertz CT molecular complexity index is 1190. The Morgan fingerprint density at radius 1 is 1.06 bits per heavy atom. The van der Waals surface area contributed by atoms with Crippen LogP contribution in [0, 0.1) is 0 Å². The zero-order valence-electron chi connectivity index (χ0n) is 21.4. The van der Waals surface area contributed by atoms with Gasteiger partial charge in [0, 0.05) is 32.4 Å². The minimum Gasteiger partial charge on any atom is -0.390 e. The summed E-state index contributed by atoms with van der Waals surface area (Å²) in [5.74, 6) is 1.53. The van der Waals surface area contributed by atoms with Gasteiger partial charge in [-0.25, -0.2) is 4.98 Å². The minimum absolute atomic E-state index is 0.0397. The molecular weight excluding hydrogens is 436 g/mol. The number of aliphatic hydroxyl groups excluding tert-OH is 1. The van der Waals surface area contributed by atoms with E-state index in [-0.39, 0.29) is 18.7 Å². The molecule has 186 valence electrons. The van der Waals surface area contributed by atoms with Crippen LogP contribution in [0.1, 0.15) is 67.8 Å². The van der Waals surface area contributed by atoms with Crippen molar-refractivity contribution in [3.63, 3.8) is 0 Å². The predicted molar refractivity (Wildman–Crippen MR) is 141 cm³/mol. The average Bonchev–Trinajstić information content (AvgIpc) is 3.27. The summed E-state index contributed by atoms with van der Waals surface area (Å²) < 4.78 is 2.18. The highest BCUT2D eigenvalue weighted by molar-refractivity contribution is 5.55. The van der Waals surface area contributed by atoms with Crippen LogP contribution in [0.15, 0.2) is 48.7 Å². The second kappa shape index (κ2) is 10.1. The molecule has 0 aliphatic carbocycles. The van der Waals surface area contributed by atoms with E-state index in [2.05, 4.69) is 83.3 Å². The molecule has 1 fully saturated rings. The summed E-state index contributed by atoms with van der Waals surface area (Å²) >= 11 is 0. The van der Waals surface area contributed by atoms with Crippen LogP contribution in [0.25, 0.3) is 5.65 Å². The molecule has 0 saturated carbocycles. The second-order valence-corrected chi connectivity index (χ2v) is 10.0. The van der Waals surface area contributed by atoms with Crippen molar-refractivity contribution in [1.29, 1.82) is 0 Å². The van der Waals surface area contributed by atoms with Crippen LogP contribution >= 0.6 is 0 Å². The lowest BCUT2D eigenvalue weighted by molar-refractivity contribution is 0.182. The fraction of sp³-hybridized carbons (Fsp3) is 0.500. The van der Waals surface area contributed by atoms with Crippen molar-refractivity contribution in [2.24, 2.45) is 0 Å². The molecule has 2 aliphatic rings. The molecule has 1 N–H and O–H groups in total. The van der Waals surface area contributed by atoms with Gasteiger partial charge in [-0.15, -0.1) is 0 Å². The molecule has 5 heterocycles. The second-order valence-electron chi connectivity index (χ2n) is 10.0. The molecule has 1 saturated heterocycles. The van der Waals surface area contributed by atoms with Crippen molar-refractivity contribution in [2.45, 2.75) is 51.8 Å². The van der Waals surface area contributed by atoms with E-state index in [0.717, 1.165) is 67.7 Å². The highest BCUT2D eigenvalue weighted by Crippen LogP contribution is 2.39. The zero-order valence-corrected chi connectivity index (χ0v) is 21.4. The number of nitrogens with zero attached hydrogens (tertiary/aromatic N) is 6. The lowest BCUT2D eigenvalue weighted by atomic mass is 9.92. The quantitative estimate of drug-likeness (QED) is 0.542.